The number of anilines is 1. The van der Waals surface area contributed by atoms with Gasteiger partial charge in [-0.25, -0.2) is 0 Å². The van der Waals surface area contributed by atoms with Crippen LogP contribution in [-0.2, 0) is 6.54 Å². The average molecular weight is 240 g/mol. The summed E-state index contributed by atoms with van der Waals surface area (Å²) in [4.78, 5) is 2.50. The number of aromatic nitrogens is 2. The summed E-state index contributed by atoms with van der Waals surface area (Å²) in [5, 5.41) is 13.3. The number of nitrogens with one attached hydrogen (secondary N) is 1. The van der Waals surface area contributed by atoms with Crippen molar-refractivity contribution in [1.82, 2.24) is 15.1 Å². The molecule has 0 spiro atoms. The van der Waals surface area contributed by atoms with E-state index in [4.69, 9.17) is 0 Å². The van der Waals surface area contributed by atoms with Gasteiger partial charge in [0.05, 0.1) is 6.54 Å². The number of nitrogens with zero attached hydrogens (tertiary/aromatic N) is 3. The van der Waals surface area contributed by atoms with Crippen LogP contribution in [0, 0.1) is 5.92 Å². The molecule has 4 nitrogen and oxygen atoms in total. The molecular weight excluding hydrogens is 220 g/mol. The first-order valence-electron chi connectivity index (χ1n) is 6.04. The minimum absolute atomic E-state index is 0.904. The Balaban J connectivity index is 1.82. The van der Waals surface area contributed by atoms with E-state index in [1.165, 1.54) is 32.4 Å². The second-order valence-electron chi connectivity index (χ2n) is 4.43. The lowest BCUT2D eigenvalue weighted by Gasteiger charge is -2.13. The molecule has 1 aromatic rings. The normalized spacial score (nSPS) is 21.5. The summed E-state index contributed by atoms with van der Waals surface area (Å²) in [6.07, 6.45) is 4.03. The quantitative estimate of drug-likeness (QED) is 0.856. The highest BCUT2D eigenvalue weighted by Crippen LogP contribution is 2.24. The van der Waals surface area contributed by atoms with E-state index >= 15 is 0 Å². The Morgan fingerprint density at radius 3 is 3.06 bits per heavy atom. The van der Waals surface area contributed by atoms with Crippen LogP contribution in [0.3, 0.4) is 0 Å². The molecule has 2 rings (SSSR count). The van der Waals surface area contributed by atoms with Crippen molar-refractivity contribution in [2.75, 3.05) is 25.5 Å². The number of hydrogen-bond acceptors (Lipinski definition) is 5. The first kappa shape index (κ1) is 11.8. The van der Waals surface area contributed by atoms with Crippen LogP contribution in [-0.4, -0.2) is 35.2 Å². The third-order valence-corrected chi connectivity index (χ3v) is 4.03. The van der Waals surface area contributed by atoms with Gasteiger partial charge in [0.2, 0.25) is 5.13 Å². The third-order valence-electron chi connectivity index (χ3n) is 3.11. The summed E-state index contributed by atoms with van der Waals surface area (Å²) in [6, 6.07) is 0. The van der Waals surface area contributed by atoms with Crippen LogP contribution in [0.2, 0.25) is 0 Å². The van der Waals surface area contributed by atoms with E-state index in [-0.39, 0.29) is 0 Å². The lowest BCUT2D eigenvalue weighted by atomic mass is 10.0. The van der Waals surface area contributed by atoms with Crippen LogP contribution in [0.5, 0.6) is 0 Å². The Kier molecular flexibility index (Phi) is 4.12. The van der Waals surface area contributed by atoms with Gasteiger partial charge in [-0.15, -0.1) is 10.2 Å². The summed E-state index contributed by atoms with van der Waals surface area (Å²) in [5.41, 5.74) is 0. The molecule has 1 aromatic heterocycles. The lowest BCUT2D eigenvalue weighted by molar-refractivity contribution is 0.311. The highest BCUT2D eigenvalue weighted by molar-refractivity contribution is 7.15. The minimum Gasteiger partial charge on any atom is -0.363 e. The van der Waals surface area contributed by atoms with Crippen molar-refractivity contribution >= 4 is 16.5 Å². The predicted molar refractivity (Wildman–Crippen MR) is 67.7 cm³/mol. The molecule has 1 fully saturated rings. The monoisotopic (exact) mass is 240 g/mol. The fourth-order valence-electron chi connectivity index (χ4n) is 2.31. The van der Waals surface area contributed by atoms with E-state index in [2.05, 4.69) is 27.3 Å². The predicted octanol–water partition coefficient (Wildman–Crippen LogP) is 2.20. The molecule has 1 saturated heterocycles. The molecule has 0 radical (unpaired) electrons. The maximum absolute atomic E-state index is 4.19. The molecule has 0 aliphatic carbocycles. The van der Waals surface area contributed by atoms with Gasteiger partial charge in [-0.3, -0.25) is 4.90 Å². The van der Waals surface area contributed by atoms with E-state index in [1.807, 2.05) is 7.05 Å². The van der Waals surface area contributed by atoms with Crippen molar-refractivity contribution in [2.24, 2.45) is 5.92 Å². The van der Waals surface area contributed by atoms with Gasteiger partial charge in [-0.1, -0.05) is 24.7 Å². The van der Waals surface area contributed by atoms with Gasteiger partial charge in [-0.2, -0.15) is 0 Å². The van der Waals surface area contributed by atoms with E-state index in [0.717, 1.165) is 22.6 Å². The molecule has 16 heavy (non-hydrogen) atoms. The fraction of sp³-hybridized carbons (Fsp3) is 0.818. The highest BCUT2D eigenvalue weighted by Gasteiger charge is 2.22. The second-order valence-corrected chi connectivity index (χ2v) is 5.49. The SMILES string of the molecule is CCCC1CCN(Cc2nnc(NC)s2)C1. The number of likely N-dealkylation sites (tertiary alicyclic amines) is 1. The van der Waals surface area contributed by atoms with Crippen LogP contribution in [0.1, 0.15) is 31.2 Å². The molecule has 1 aliphatic rings. The lowest BCUT2D eigenvalue weighted by Crippen LogP contribution is -2.19. The molecule has 0 bridgehead atoms. The van der Waals surface area contributed by atoms with Gasteiger partial charge in [0.15, 0.2) is 0 Å². The maximum atomic E-state index is 4.19. The molecule has 0 aromatic carbocycles. The van der Waals surface area contributed by atoms with Gasteiger partial charge in [0.25, 0.3) is 0 Å². The molecule has 1 N–H and O–H groups in total. The van der Waals surface area contributed by atoms with Crippen LogP contribution in [0.15, 0.2) is 0 Å². The number of rotatable bonds is 5. The van der Waals surface area contributed by atoms with Gasteiger partial charge < -0.3 is 5.32 Å². The molecule has 0 amide bonds. The van der Waals surface area contributed by atoms with E-state index in [1.54, 1.807) is 11.3 Å². The number of hydrogen-bond donors (Lipinski definition) is 1. The largest absolute Gasteiger partial charge is 0.363 e. The van der Waals surface area contributed by atoms with Crippen molar-refractivity contribution in [3.8, 4) is 0 Å². The molecule has 90 valence electrons. The highest BCUT2D eigenvalue weighted by atomic mass is 32.1. The van der Waals surface area contributed by atoms with Crippen LogP contribution in [0.25, 0.3) is 0 Å². The molecule has 5 heteroatoms. The standard InChI is InChI=1S/C11H20N4S/c1-3-4-9-5-6-15(7-9)8-10-13-14-11(12-2)16-10/h9H,3-8H2,1-2H3,(H,12,14). The Morgan fingerprint density at radius 1 is 1.50 bits per heavy atom. The topological polar surface area (TPSA) is 41.1 Å². The summed E-state index contributed by atoms with van der Waals surface area (Å²) < 4.78 is 0. The average Bonchev–Trinajstić information content (AvgIpc) is 2.89. The smallest absolute Gasteiger partial charge is 0.205 e. The van der Waals surface area contributed by atoms with Crippen LogP contribution in [0.4, 0.5) is 5.13 Å². The Morgan fingerprint density at radius 2 is 2.38 bits per heavy atom. The first-order valence-corrected chi connectivity index (χ1v) is 6.86. The molecule has 2 heterocycles. The van der Waals surface area contributed by atoms with E-state index < -0.39 is 0 Å². The summed E-state index contributed by atoms with van der Waals surface area (Å²) >= 11 is 1.66. The molecular formula is C11H20N4S. The zero-order chi connectivity index (χ0) is 11.4. The van der Waals surface area contributed by atoms with Crippen molar-refractivity contribution in [1.29, 1.82) is 0 Å². The molecule has 0 saturated carbocycles. The summed E-state index contributed by atoms with van der Waals surface area (Å²) in [7, 11) is 1.89. The maximum Gasteiger partial charge on any atom is 0.205 e. The molecule has 1 unspecified atom stereocenters. The van der Waals surface area contributed by atoms with Crippen molar-refractivity contribution < 1.29 is 0 Å². The van der Waals surface area contributed by atoms with Gasteiger partial charge >= 0.3 is 0 Å². The zero-order valence-electron chi connectivity index (χ0n) is 10.1. The molecule has 1 atom stereocenters. The first-order chi connectivity index (χ1) is 7.81. The van der Waals surface area contributed by atoms with Crippen molar-refractivity contribution in [3.63, 3.8) is 0 Å². The second kappa shape index (κ2) is 5.59. The summed E-state index contributed by atoms with van der Waals surface area (Å²) in [5.74, 6) is 0.904. The van der Waals surface area contributed by atoms with Gasteiger partial charge in [0, 0.05) is 13.6 Å². The Hall–Kier alpha value is -0.680. The van der Waals surface area contributed by atoms with Crippen molar-refractivity contribution in [3.05, 3.63) is 5.01 Å². The minimum atomic E-state index is 0.904. The zero-order valence-corrected chi connectivity index (χ0v) is 10.9. The third kappa shape index (κ3) is 2.92. The summed E-state index contributed by atoms with van der Waals surface area (Å²) in [6.45, 7) is 5.70. The van der Waals surface area contributed by atoms with Crippen LogP contribution >= 0.6 is 11.3 Å². The fourth-order valence-corrected chi connectivity index (χ4v) is 3.05. The van der Waals surface area contributed by atoms with Gasteiger partial charge in [-0.05, 0) is 25.3 Å². The van der Waals surface area contributed by atoms with Crippen LogP contribution < -0.4 is 5.32 Å². The molecule has 1 aliphatic heterocycles. The Bertz CT molecular complexity index is 326. The van der Waals surface area contributed by atoms with E-state index in [9.17, 15) is 0 Å². The van der Waals surface area contributed by atoms with E-state index in [0.29, 0.717) is 0 Å². The van der Waals surface area contributed by atoms with Gasteiger partial charge in [0.1, 0.15) is 5.01 Å². The Labute approximate surface area is 101 Å². The van der Waals surface area contributed by atoms with Crippen molar-refractivity contribution in [2.45, 2.75) is 32.7 Å².